The minimum absolute atomic E-state index is 0.169. The van der Waals surface area contributed by atoms with Crippen LogP contribution in [-0.4, -0.2) is 101 Å². The van der Waals surface area contributed by atoms with Crippen molar-refractivity contribution in [3.05, 3.63) is 72.6 Å². The second-order valence-corrected chi connectivity index (χ2v) is 14.6. The summed E-state index contributed by atoms with van der Waals surface area (Å²) in [6.45, 7) is 7.95. The Morgan fingerprint density at radius 3 is 1.61 bits per heavy atom. The Labute approximate surface area is 297 Å². The van der Waals surface area contributed by atoms with Crippen molar-refractivity contribution in [1.29, 1.82) is 0 Å². The molecule has 0 radical (unpaired) electrons. The molecule has 13 nitrogen and oxygen atoms in total. The first-order chi connectivity index (χ1) is 24.2. The molecule has 0 unspecified atom stereocenters. The Morgan fingerprint density at radius 1 is 0.804 bits per heavy atom. The van der Waals surface area contributed by atoms with Gasteiger partial charge >= 0.3 is 6.09 Å². The highest BCUT2D eigenvalue weighted by Crippen LogP contribution is 2.35. The van der Waals surface area contributed by atoms with Crippen molar-refractivity contribution >= 4 is 17.9 Å². The topological polar surface area (TPSA) is 185 Å². The summed E-state index contributed by atoms with van der Waals surface area (Å²) in [5, 5.41) is 19.8. The van der Waals surface area contributed by atoms with Crippen molar-refractivity contribution in [3.63, 3.8) is 0 Å². The smallest absolute Gasteiger partial charge is 0.407 e. The molecule has 3 amide bonds. The van der Waals surface area contributed by atoms with E-state index >= 15 is 0 Å². The van der Waals surface area contributed by atoms with Gasteiger partial charge in [-0.05, 0) is 67.7 Å². The van der Waals surface area contributed by atoms with Crippen molar-refractivity contribution in [2.24, 2.45) is 11.7 Å². The number of carbonyl (C=O) groups is 3. The molecule has 13 heteroatoms. The highest BCUT2D eigenvalue weighted by atomic mass is 16.4. The number of nitrogens with one attached hydrogen (secondary N) is 2. The van der Waals surface area contributed by atoms with Crippen LogP contribution in [0.3, 0.4) is 0 Å². The van der Waals surface area contributed by atoms with Crippen LogP contribution < -0.4 is 5.73 Å². The van der Waals surface area contributed by atoms with E-state index in [0.717, 1.165) is 64.2 Å². The number of carboxylic acid groups (broad SMARTS) is 1. The van der Waals surface area contributed by atoms with E-state index in [1.807, 2.05) is 38.1 Å². The number of benzene rings is 2. The molecule has 0 spiro atoms. The molecular weight excluding hydrogens is 648 g/mol. The minimum Gasteiger partial charge on any atom is -0.465 e. The molecule has 270 valence electrons. The molecule has 0 aliphatic carbocycles. The highest BCUT2D eigenvalue weighted by molar-refractivity contribution is 5.86. The van der Waals surface area contributed by atoms with Crippen LogP contribution in [-0.2, 0) is 9.59 Å². The van der Waals surface area contributed by atoms with Crippen LogP contribution in [0.4, 0.5) is 4.79 Å². The van der Waals surface area contributed by atoms with E-state index in [1.165, 1.54) is 7.05 Å². The predicted octanol–water partition coefficient (Wildman–Crippen LogP) is 5.19. The lowest BCUT2D eigenvalue weighted by Gasteiger charge is -2.33. The molecule has 4 aromatic rings. The number of carbonyl (C=O) groups excluding carboxylic acids is 2. The zero-order valence-corrected chi connectivity index (χ0v) is 29.8. The fourth-order valence-corrected chi connectivity index (χ4v) is 7.29. The minimum atomic E-state index is -1.31. The van der Waals surface area contributed by atoms with E-state index in [-0.39, 0.29) is 29.8 Å². The van der Waals surface area contributed by atoms with Crippen LogP contribution >= 0.6 is 0 Å². The third-order valence-electron chi connectivity index (χ3n) is 10.2. The summed E-state index contributed by atoms with van der Waals surface area (Å²) >= 11 is 0. The molecule has 51 heavy (non-hydrogen) atoms. The lowest BCUT2D eigenvalue weighted by atomic mass is 9.98. The highest BCUT2D eigenvalue weighted by Gasteiger charge is 2.40. The van der Waals surface area contributed by atoms with Crippen molar-refractivity contribution < 1.29 is 24.6 Å². The summed E-state index contributed by atoms with van der Waals surface area (Å²) in [4.78, 5) is 59.0. The normalized spacial score (nSPS) is 19.1. The number of nitrogens with two attached hydrogens (primary N) is 1. The molecule has 6 N–H and O–H groups in total. The molecule has 2 aliphatic heterocycles. The van der Waals surface area contributed by atoms with Gasteiger partial charge in [-0.2, -0.15) is 0 Å². The third kappa shape index (κ3) is 7.26. The number of likely N-dealkylation sites (N-methyl/N-ethyl adjacent to an activating group) is 1. The SMILES string of the molecule is CC(C)[C@@H](C(=O)N1CCC[C@H]1c1ncc(-c2ccc(-c3ccc(-c4cnc([C@@H]5CCCN5C(=O)[C@@H](N)C(C)(C)O)[nH]4)cc3)cc2)[nH]1)N(C)C(=O)O. The van der Waals surface area contributed by atoms with Crippen LogP contribution in [0.5, 0.6) is 0 Å². The van der Waals surface area contributed by atoms with Gasteiger partial charge in [0.1, 0.15) is 23.7 Å². The van der Waals surface area contributed by atoms with E-state index in [1.54, 1.807) is 36.0 Å². The van der Waals surface area contributed by atoms with Gasteiger partial charge in [-0.1, -0.05) is 62.4 Å². The summed E-state index contributed by atoms with van der Waals surface area (Å²) in [6, 6.07) is 14.2. The number of aromatic amines is 2. The zero-order valence-electron chi connectivity index (χ0n) is 29.8. The Morgan fingerprint density at radius 2 is 1.22 bits per heavy atom. The second-order valence-electron chi connectivity index (χ2n) is 14.6. The van der Waals surface area contributed by atoms with E-state index in [4.69, 9.17) is 5.73 Å². The maximum atomic E-state index is 13.6. The van der Waals surface area contributed by atoms with E-state index in [2.05, 4.69) is 44.2 Å². The number of H-pyrrole nitrogens is 2. The molecule has 4 heterocycles. The van der Waals surface area contributed by atoms with E-state index in [9.17, 15) is 24.6 Å². The van der Waals surface area contributed by atoms with Gasteiger partial charge in [0.25, 0.3) is 0 Å². The summed E-state index contributed by atoms with van der Waals surface area (Å²) in [6.07, 6.45) is 5.63. The Bertz CT molecular complexity index is 1860. The van der Waals surface area contributed by atoms with Gasteiger partial charge in [0.2, 0.25) is 11.8 Å². The summed E-state index contributed by atoms with van der Waals surface area (Å²) in [5.41, 5.74) is 10.5. The first kappa shape index (κ1) is 35.8. The molecule has 2 aliphatic rings. The monoisotopic (exact) mass is 696 g/mol. The average Bonchev–Trinajstić information content (AvgIpc) is 3.93. The van der Waals surface area contributed by atoms with E-state index in [0.29, 0.717) is 24.7 Å². The lowest BCUT2D eigenvalue weighted by molar-refractivity contribution is -0.139. The Kier molecular flexibility index (Phi) is 10.0. The first-order valence-electron chi connectivity index (χ1n) is 17.6. The van der Waals surface area contributed by atoms with Gasteiger partial charge in [-0.25, -0.2) is 14.8 Å². The Hall–Kier alpha value is -5.01. The van der Waals surface area contributed by atoms with Gasteiger partial charge < -0.3 is 35.7 Å². The largest absolute Gasteiger partial charge is 0.465 e. The molecule has 4 atom stereocenters. The average molecular weight is 697 g/mol. The predicted molar refractivity (Wildman–Crippen MR) is 193 cm³/mol. The number of aromatic nitrogens is 4. The maximum Gasteiger partial charge on any atom is 0.407 e. The van der Waals surface area contributed by atoms with Crippen LogP contribution in [0, 0.1) is 5.92 Å². The number of nitrogens with zero attached hydrogens (tertiary/aromatic N) is 5. The summed E-state index contributed by atoms with van der Waals surface area (Å²) in [7, 11) is 1.45. The number of imidazole rings is 2. The van der Waals surface area contributed by atoms with Gasteiger partial charge in [0.05, 0.1) is 41.5 Å². The fourth-order valence-electron chi connectivity index (χ4n) is 7.29. The molecule has 2 aromatic carbocycles. The molecule has 0 bridgehead atoms. The van der Waals surface area contributed by atoms with Gasteiger partial charge in [0.15, 0.2) is 0 Å². The Balaban J connectivity index is 1.12. The van der Waals surface area contributed by atoms with Crippen LogP contribution in [0.15, 0.2) is 60.9 Å². The molecule has 0 saturated carbocycles. The summed E-state index contributed by atoms with van der Waals surface area (Å²) < 4.78 is 0. The quantitative estimate of drug-likeness (QED) is 0.150. The van der Waals surface area contributed by atoms with Crippen molar-refractivity contribution in [2.75, 3.05) is 20.1 Å². The standard InChI is InChI=1S/C38H48N8O5/c1-22(2)31(44(5)37(49)50)35(47)45-18-6-8-29(45)33-40-20-27(42-33)25-14-10-23(11-15-25)24-12-16-26(17-13-24)28-21-41-34(43-28)30-9-7-19-46(30)36(48)32(39)38(3,4)51/h10-17,20-22,29-32,51H,6-9,18-19,39H2,1-5H3,(H,40,42)(H,41,43)(H,49,50)/t29-,30-,31-,32+/m0/s1. The van der Waals surface area contributed by atoms with Crippen molar-refractivity contribution in [3.8, 4) is 33.6 Å². The van der Waals surface area contributed by atoms with Crippen LogP contribution in [0.25, 0.3) is 33.6 Å². The molecule has 2 fully saturated rings. The third-order valence-corrected chi connectivity index (χ3v) is 10.2. The molecule has 6 rings (SSSR count). The van der Waals surface area contributed by atoms with Crippen LogP contribution in [0.2, 0.25) is 0 Å². The summed E-state index contributed by atoms with van der Waals surface area (Å²) in [5.74, 6) is 0.763. The van der Waals surface area contributed by atoms with E-state index < -0.39 is 23.8 Å². The molecular formula is C38H48N8O5. The number of hydrogen-bond donors (Lipinski definition) is 5. The van der Waals surface area contributed by atoms with Crippen molar-refractivity contribution in [1.82, 2.24) is 34.6 Å². The lowest BCUT2D eigenvalue weighted by Crippen LogP contribution is -2.54. The van der Waals surface area contributed by atoms with Crippen LogP contribution in [0.1, 0.15) is 77.1 Å². The number of hydrogen-bond acceptors (Lipinski definition) is 7. The first-order valence-corrected chi connectivity index (χ1v) is 17.6. The second kappa shape index (κ2) is 14.3. The molecule has 2 saturated heterocycles. The number of likely N-dealkylation sites (tertiary alicyclic amines) is 2. The van der Waals surface area contributed by atoms with Gasteiger partial charge in [-0.3, -0.25) is 14.5 Å². The number of rotatable bonds is 10. The van der Waals surface area contributed by atoms with Gasteiger partial charge in [-0.15, -0.1) is 0 Å². The van der Waals surface area contributed by atoms with Crippen molar-refractivity contribution in [2.45, 2.75) is 83.1 Å². The maximum absolute atomic E-state index is 13.6. The fraction of sp³-hybridized carbons (Fsp3) is 0.447. The number of aliphatic hydroxyl groups is 1. The number of amides is 3. The van der Waals surface area contributed by atoms with Gasteiger partial charge in [0, 0.05) is 20.1 Å². The molecule has 2 aromatic heterocycles. The zero-order chi connectivity index (χ0) is 36.6.